The van der Waals surface area contributed by atoms with E-state index in [4.69, 9.17) is 4.74 Å². The van der Waals surface area contributed by atoms with E-state index in [0.717, 1.165) is 34.6 Å². The summed E-state index contributed by atoms with van der Waals surface area (Å²) in [5.41, 5.74) is 3.91. The lowest BCUT2D eigenvalue weighted by Crippen LogP contribution is -2.42. The van der Waals surface area contributed by atoms with E-state index in [-0.39, 0.29) is 18.2 Å². The second kappa shape index (κ2) is 12.2. The number of amides is 1. The van der Waals surface area contributed by atoms with E-state index in [0.29, 0.717) is 31.0 Å². The molecule has 2 atom stereocenters. The highest BCUT2D eigenvalue weighted by Crippen LogP contribution is 2.17. The number of aryl methyl sites for hydroxylation is 2. The Balaban J connectivity index is 1.35. The van der Waals surface area contributed by atoms with Crippen molar-refractivity contribution in [2.45, 2.75) is 32.7 Å². The Labute approximate surface area is 216 Å². The predicted octanol–water partition coefficient (Wildman–Crippen LogP) is 3.88. The number of carboxylic acid groups (broad SMARTS) is 1. The molecule has 3 N–H and O–H groups in total. The largest absolute Gasteiger partial charge is 0.480 e. The fraction of sp³-hybridized carbons (Fsp3) is 0.310. The number of carboxylic acids is 1. The molecule has 1 aliphatic rings. The van der Waals surface area contributed by atoms with Crippen molar-refractivity contribution in [1.82, 2.24) is 10.3 Å². The number of hydrogen-bond acceptors (Lipinski definition) is 6. The Bertz CT molecular complexity index is 1260. The summed E-state index contributed by atoms with van der Waals surface area (Å²) in [4.78, 5) is 33.7. The lowest BCUT2D eigenvalue weighted by molar-refractivity contribution is -0.139. The first kappa shape index (κ1) is 25.9. The molecule has 37 heavy (non-hydrogen) atoms. The molecule has 1 amide bonds. The Morgan fingerprint density at radius 3 is 2.57 bits per heavy atom. The maximum absolute atomic E-state index is 12.9. The SMILES string of the molecule is CCc1cccc(C)c1C(=O)NC(Cc1ccc(C2=NCC(CNc3ccccn3)CO2)cc1)C(=O)O. The number of nitrogens with one attached hydrogen (secondary N) is 2. The average molecular weight is 501 g/mol. The van der Waals surface area contributed by atoms with Crippen LogP contribution in [0.1, 0.15) is 39.5 Å². The summed E-state index contributed by atoms with van der Waals surface area (Å²) in [5, 5.41) is 15.8. The quantitative estimate of drug-likeness (QED) is 0.389. The van der Waals surface area contributed by atoms with Gasteiger partial charge in [0.15, 0.2) is 0 Å². The highest BCUT2D eigenvalue weighted by atomic mass is 16.5. The molecule has 0 saturated heterocycles. The number of aromatic nitrogens is 1. The second-order valence-electron chi connectivity index (χ2n) is 9.15. The molecule has 0 spiro atoms. The maximum atomic E-state index is 12.9. The van der Waals surface area contributed by atoms with Crippen molar-refractivity contribution >= 4 is 23.6 Å². The topological polar surface area (TPSA) is 113 Å². The number of aliphatic imine (C=N–C) groups is 1. The fourth-order valence-electron chi connectivity index (χ4n) is 4.32. The summed E-state index contributed by atoms with van der Waals surface area (Å²) >= 11 is 0. The first-order valence-electron chi connectivity index (χ1n) is 12.5. The Kier molecular flexibility index (Phi) is 8.51. The first-order chi connectivity index (χ1) is 17.9. The number of nitrogens with zero attached hydrogens (tertiary/aromatic N) is 2. The number of aliphatic carboxylic acids is 1. The normalized spacial score (nSPS) is 15.7. The van der Waals surface area contributed by atoms with Gasteiger partial charge in [0.2, 0.25) is 5.90 Å². The predicted molar refractivity (Wildman–Crippen MR) is 143 cm³/mol. The van der Waals surface area contributed by atoms with Gasteiger partial charge in [-0.1, -0.05) is 43.3 Å². The van der Waals surface area contributed by atoms with Gasteiger partial charge in [0, 0.05) is 36.2 Å². The number of carbonyl (C=O) groups excluding carboxylic acids is 1. The Hall–Kier alpha value is -4.20. The van der Waals surface area contributed by atoms with E-state index in [1.807, 2.05) is 74.5 Å². The third-order valence-electron chi connectivity index (χ3n) is 6.40. The van der Waals surface area contributed by atoms with Crippen molar-refractivity contribution in [3.05, 3.63) is 94.7 Å². The summed E-state index contributed by atoms with van der Waals surface area (Å²) in [5.74, 6) is 0.209. The molecule has 4 rings (SSSR count). The lowest BCUT2D eigenvalue weighted by atomic mass is 9.98. The van der Waals surface area contributed by atoms with Crippen molar-refractivity contribution in [1.29, 1.82) is 0 Å². The number of anilines is 1. The van der Waals surface area contributed by atoms with Crippen molar-refractivity contribution in [2.75, 3.05) is 25.0 Å². The molecule has 8 heteroatoms. The molecule has 1 aliphatic heterocycles. The summed E-state index contributed by atoms with van der Waals surface area (Å²) in [6.07, 6.45) is 2.61. The molecule has 2 unspecified atom stereocenters. The van der Waals surface area contributed by atoms with E-state index in [1.54, 1.807) is 6.20 Å². The number of hydrogen-bond donors (Lipinski definition) is 3. The zero-order valence-corrected chi connectivity index (χ0v) is 21.1. The van der Waals surface area contributed by atoms with Gasteiger partial charge in [-0.15, -0.1) is 0 Å². The summed E-state index contributed by atoms with van der Waals surface area (Å²) in [7, 11) is 0. The average Bonchev–Trinajstić information content (AvgIpc) is 2.92. The highest BCUT2D eigenvalue weighted by molar-refractivity contribution is 5.99. The third-order valence-corrected chi connectivity index (χ3v) is 6.40. The van der Waals surface area contributed by atoms with Crippen LogP contribution in [0, 0.1) is 12.8 Å². The molecule has 0 aliphatic carbocycles. The minimum absolute atomic E-state index is 0.170. The van der Waals surface area contributed by atoms with E-state index in [1.165, 1.54) is 0 Å². The summed E-state index contributed by atoms with van der Waals surface area (Å²) < 4.78 is 5.90. The van der Waals surface area contributed by atoms with Gasteiger partial charge in [0.1, 0.15) is 11.9 Å². The molecule has 192 valence electrons. The van der Waals surface area contributed by atoms with E-state index in [9.17, 15) is 14.7 Å². The van der Waals surface area contributed by atoms with Crippen LogP contribution in [0.2, 0.25) is 0 Å². The molecule has 3 aromatic rings. The summed E-state index contributed by atoms with van der Waals surface area (Å²) in [6.45, 7) is 5.74. The van der Waals surface area contributed by atoms with Gasteiger partial charge < -0.3 is 20.5 Å². The van der Waals surface area contributed by atoms with Crippen molar-refractivity contribution in [3.8, 4) is 0 Å². The molecule has 0 saturated carbocycles. The maximum Gasteiger partial charge on any atom is 0.326 e. The highest BCUT2D eigenvalue weighted by Gasteiger charge is 2.24. The van der Waals surface area contributed by atoms with E-state index in [2.05, 4.69) is 20.6 Å². The third kappa shape index (κ3) is 6.73. The number of carbonyl (C=O) groups is 2. The minimum Gasteiger partial charge on any atom is -0.480 e. The van der Waals surface area contributed by atoms with Crippen molar-refractivity contribution in [3.63, 3.8) is 0 Å². The monoisotopic (exact) mass is 500 g/mol. The van der Waals surface area contributed by atoms with E-state index < -0.39 is 12.0 Å². The van der Waals surface area contributed by atoms with Crippen LogP contribution in [0.15, 0.2) is 71.9 Å². The van der Waals surface area contributed by atoms with Crippen LogP contribution in [0.4, 0.5) is 5.82 Å². The smallest absolute Gasteiger partial charge is 0.326 e. The molecule has 8 nitrogen and oxygen atoms in total. The molecule has 0 fully saturated rings. The van der Waals surface area contributed by atoms with Crippen molar-refractivity contribution in [2.24, 2.45) is 10.9 Å². The molecular weight excluding hydrogens is 468 g/mol. The van der Waals surface area contributed by atoms with Gasteiger partial charge >= 0.3 is 5.97 Å². The lowest BCUT2D eigenvalue weighted by Gasteiger charge is -2.23. The number of pyridine rings is 1. The van der Waals surface area contributed by atoms with Crippen LogP contribution >= 0.6 is 0 Å². The minimum atomic E-state index is -1.07. The van der Waals surface area contributed by atoms with Crippen LogP contribution in [-0.4, -0.2) is 53.6 Å². The Morgan fingerprint density at radius 2 is 1.92 bits per heavy atom. The van der Waals surface area contributed by atoms with Gasteiger partial charge in [0.05, 0.1) is 13.2 Å². The number of benzene rings is 2. The van der Waals surface area contributed by atoms with Gasteiger partial charge in [-0.05, 0) is 54.3 Å². The second-order valence-corrected chi connectivity index (χ2v) is 9.15. The molecular formula is C29H32N4O4. The molecule has 2 aromatic carbocycles. The van der Waals surface area contributed by atoms with Crippen molar-refractivity contribution < 1.29 is 19.4 Å². The zero-order valence-electron chi connectivity index (χ0n) is 21.1. The van der Waals surface area contributed by atoms with Crippen LogP contribution in [-0.2, 0) is 22.4 Å². The standard InChI is InChI=1S/C29H32N4O4/c1-3-22-8-6-7-19(2)26(22)27(34)33-24(29(35)36)15-20-10-12-23(13-11-20)28-32-17-21(18-37-28)16-31-25-9-4-5-14-30-25/h4-14,21,24H,3,15-18H2,1-2H3,(H,30,31)(H,33,34)(H,35,36). The van der Waals surface area contributed by atoms with Crippen LogP contribution in [0.25, 0.3) is 0 Å². The van der Waals surface area contributed by atoms with Gasteiger partial charge in [-0.2, -0.15) is 0 Å². The number of rotatable bonds is 10. The zero-order chi connectivity index (χ0) is 26.2. The first-order valence-corrected chi connectivity index (χ1v) is 12.5. The molecule has 0 bridgehead atoms. The van der Waals surface area contributed by atoms with Gasteiger partial charge in [-0.25, -0.2) is 9.78 Å². The van der Waals surface area contributed by atoms with Crippen LogP contribution in [0.5, 0.6) is 0 Å². The molecule has 0 radical (unpaired) electrons. The fourth-order valence-corrected chi connectivity index (χ4v) is 4.32. The molecule has 1 aromatic heterocycles. The van der Waals surface area contributed by atoms with Crippen LogP contribution < -0.4 is 10.6 Å². The van der Waals surface area contributed by atoms with Gasteiger partial charge in [-0.3, -0.25) is 9.79 Å². The van der Waals surface area contributed by atoms with Crippen LogP contribution in [0.3, 0.4) is 0 Å². The Morgan fingerprint density at radius 1 is 1.11 bits per heavy atom. The number of ether oxygens (including phenoxy) is 1. The summed E-state index contributed by atoms with van der Waals surface area (Å²) in [6, 6.07) is 17.8. The molecule has 2 heterocycles. The van der Waals surface area contributed by atoms with E-state index >= 15 is 0 Å². The van der Waals surface area contributed by atoms with Gasteiger partial charge in [0.25, 0.3) is 5.91 Å².